The first kappa shape index (κ1) is 22.8. The Labute approximate surface area is 220 Å². The van der Waals surface area contributed by atoms with E-state index in [0.29, 0.717) is 0 Å². The fourth-order valence-corrected chi connectivity index (χ4v) is 6.19. The van der Waals surface area contributed by atoms with Crippen molar-refractivity contribution in [1.29, 1.82) is 0 Å². The first-order valence-corrected chi connectivity index (χ1v) is 14.0. The predicted octanol–water partition coefficient (Wildman–Crippen LogP) is 5.23. The number of aryl methyl sites for hydroxylation is 2. The van der Waals surface area contributed by atoms with E-state index in [-0.39, 0.29) is 21.2 Å². The van der Waals surface area contributed by atoms with Crippen LogP contribution in [0, 0.1) is 28.1 Å². The summed E-state index contributed by atoms with van der Waals surface area (Å²) in [7, 11) is 0. The molecule has 156 valence electrons. The standard InChI is InChI=1S/C26H20I3O2/c1-17-15-23(30-21-7-3-19(27)4-8-21)11-13-25(17)29-26-14-12-24(16-18(26)2)31-22-9-5-20(28)6-10-22/h3-16H,1-2H3/q+1. The van der Waals surface area contributed by atoms with Crippen molar-refractivity contribution in [3.8, 4) is 23.0 Å². The van der Waals surface area contributed by atoms with Gasteiger partial charge in [-0.25, -0.2) is 0 Å². The predicted molar refractivity (Wildman–Crippen MR) is 138 cm³/mol. The molecule has 2 nitrogen and oxygen atoms in total. The monoisotopic (exact) mass is 745 g/mol. The maximum atomic E-state index is 6.01. The van der Waals surface area contributed by atoms with Gasteiger partial charge in [0.05, 0.1) is 0 Å². The van der Waals surface area contributed by atoms with Gasteiger partial charge < -0.3 is 9.47 Å². The Hall–Kier alpha value is -1.33. The number of hydrogen-bond donors (Lipinski definition) is 0. The Balaban J connectivity index is 1.45. The highest BCUT2D eigenvalue weighted by Crippen LogP contribution is 2.24. The van der Waals surface area contributed by atoms with Crippen molar-refractivity contribution in [2.45, 2.75) is 13.8 Å². The second-order valence-electron chi connectivity index (χ2n) is 7.03. The molecular weight excluding hydrogens is 725 g/mol. The third-order valence-electron chi connectivity index (χ3n) is 4.56. The van der Waals surface area contributed by atoms with Gasteiger partial charge in [-0.3, -0.25) is 0 Å². The van der Waals surface area contributed by atoms with Gasteiger partial charge in [0, 0.05) is 18.3 Å². The smallest absolute Gasteiger partial charge is 0.358 e. The lowest BCUT2D eigenvalue weighted by molar-refractivity contribution is -0.598. The zero-order valence-corrected chi connectivity index (χ0v) is 23.5. The molecule has 0 unspecified atom stereocenters. The van der Waals surface area contributed by atoms with E-state index in [0.717, 1.165) is 23.0 Å². The van der Waals surface area contributed by atoms with Crippen LogP contribution in [0.3, 0.4) is 0 Å². The molecule has 31 heavy (non-hydrogen) atoms. The largest absolute Gasteiger partial charge is 0.457 e. The Morgan fingerprint density at radius 1 is 0.516 bits per heavy atom. The van der Waals surface area contributed by atoms with Crippen LogP contribution in [0.4, 0.5) is 0 Å². The van der Waals surface area contributed by atoms with Crippen molar-refractivity contribution in [1.82, 2.24) is 0 Å². The molecule has 4 rings (SSSR count). The molecule has 0 amide bonds. The fraction of sp³-hybridized carbons (Fsp3) is 0.0769. The average Bonchev–Trinajstić information content (AvgIpc) is 2.75. The molecule has 0 heterocycles. The van der Waals surface area contributed by atoms with Crippen LogP contribution < -0.4 is 30.7 Å². The number of rotatable bonds is 6. The molecule has 0 saturated heterocycles. The second kappa shape index (κ2) is 10.5. The zero-order chi connectivity index (χ0) is 21.8. The van der Waals surface area contributed by atoms with Crippen molar-refractivity contribution in [2.24, 2.45) is 0 Å². The van der Waals surface area contributed by atoms with Crippen molar-refractivity contribution >= 4 is 45.2 Å². The van der Waals surface area contributed by atoms with Crippen molar-refractivity contribution in [3.05, 3.63) is 110 Å². The number of benzene rings is 4. The Kier molecular flexibility index (Phi) is 7.76. The highest BCUT2D eigenvalue weighted by molar-refractivity contribution is 14.1. The van der Waals surface area contributed by atoms with E-state index in [1.54, 1.807) is 0 Å². The summed E-state index contributed by atoms with van der Waals surface area (Å²) >= 11 is 4.31. The van der Waals surface area contributed by atoms with Gasteiger partial charge in [0.15, 0.2) is 7.14 Å². The zero-order valence-electron chi connectivity index (χ0n) is 17.0. The van der Waals surface area contributed by atoms with E-state index in [4.69, 9.17) is 9.47 Å². The molecule has 0 atom stereocenters. The van der Waals surface area contributed by atoms with Gasteiger partial charge in [0.25, 0.3) is 0 Å². The Morgan fingerprint density at radius 3 is 1.23 bits per heavy atom. The summed E-state index contributed by atoms with van der Waals surface area (Å²) in [5.74, 6) is 3.48. The van der Waals surface area contributed by atoms with Gasteiger partial charge >= 0.3 is 21.2 Å². The van der Waals surface area contributed by atoms with Gasteiger partial charge in [-0.15, -0.1) is 0 Å². The minimum Gasteiger partial charge on any atom is -0.457 e. The van der Waals surface area contributed by atoms with Crippen molar-refractivity contribution in [3.63, 3.8) is 0 Å². The average molecular weight is 745 g/mol. The summed E-state index contributed by atoms with van der Waals surface area (Å²) in [6.07, 6.45) is 0. The number of halogens is 3. The Morgan fingerprint density at radius 2 is 0.871 bits per heavy atom. The van der Waals surface area contributed by atoms with Crippen LogP contribution in [-0.2, 0) is 0 Å². The van der Waals surface area contributed by atoms with Crippen LogP contribution in [0.1, 0.15) is 11.1 Å². The van der Waals surface area contributed by atoms with Gasteiger partial charge in [-0.1, -0.05) is 0 Å². The van der Waals surface area contributed by atoms with Gasteiger partial charge in [0.2, 0.25) is 0 Å². The van der Waals surface area contributed by atoms with E-state index in [1.165, 1.54) is 25.4 Å². The lowest BCUT2D eigenvalue weighted by Gasteiger charge is -2.07. The lowest BCUT2D eigenvalue weighted by atomic mass is 10.2. The molecule has 4 aromatic carbocycles. The van der Waals surface area contributed by atoms with Gasteiger partial charge in [-0.05, 0) is 144 Å². The molecule has 0 aromatic heterocycles. The fourth-order valence-electron chi connectivity index (χ4n) is 2.96. The summed E-state index contributed by atoms with van der Waals surface area (Å²) < 4.78 is 17.2. The Bertz CT molecular complexity index is 1090. The molecule has 0 fully saturated rings. The number of ether oxygens (including phenoxy) is 2. The lowest BCUT2D eigenvalue weighted by Crippen LogP contribution is -3.62. The first-order valence-electron chi connectivity index (χ1n) is 9.69. The quantitative estimate of drug-likeness (QED) is 0.252. The van der Waals surface area contributed by atoms with Crippen molar-refractivity contribution in [2.75, 3.05) is 0 Å². The third kappa shape index (κ3) is 6.35. The van der Waals surface area contributed by atoms with Gasteiger partial charge in [-0.2, -0.15) is 0 Å². The first-order chi connectivity index (χ1) is 15.0. The summed E-state index contributed by atoms with van der Waals surface area (Å²) in [5.41, 5.74) is 2.55. The second-order valence-corrected chi connectivity index (χ2v) is 12.4. The molecule has 5 heteroatoms. The van der Waals surface area contributed by atoms with E-state index in [9.17, 15) is 0 Å². The summed E-state index contributed by atoms with van der Waals surface area (Å²) in [6, 6.07) is 29.0. The van der Waals surface area contributed by atoms with Crippen LogP contribution in [0.2, 0.25) is 0 Å². The minimum atomic E-state index is -0.283. The highest BCUT2D eigenvalue weighted by atomic mass is 127. The maximum Gasteiger partial charge on any atom is 0.358 e. The molecule has 0 aliphatic carbocycles. The summed E-state index contributed by atoms with van der Waals surface area (Å²) in [5, 5.41) is 0. The van der Waals surface area contributed by atoms with Crippen LogP contribution in [0.5, 0.6) is 23.0 Å². The van der Waals surface area contributed by atoms with E-state index in [1.807, 2.05) is 24.3 Å². The SMILES string of the molecule is Cc1cc(Oc2ccc(I)cc2)ccc1[I+]c1ccc(Oc2ccc(I)cc2)cc1C. The third-order valence-corrected chi connectivity index (χ3v) is 9.58. The molecule has 0 aliphatic heterocycles. The molecule has 0 bridgehead atoms. The normalized spacial score (nSPS) is 10.7. The van der Waals surface area contributed by atoms with E-state index < -0.39 is 0 Å². The van der Waals surface area contributed by atoms with Gasteiger partial charge in [0.1, 0.15) is 23.0 Å². The highest BCUT2D eigenvalue weighted by Gasteiger charge is 2.21. The molecule has 0 aliphatic rings. The molecule has 0 N–H and O–H groups in total. The number of hydrogen-bond acceptors (Lipinski definition) is 2. The van der Waals surface area contributed by atoms with E-state index in [2.05, 4.69) is 120 Å². The molecule has 4 aromatic rings. The van der Waals surface area contributed by atoms with Crippen LogP contribution in [0.15, 0.2) is 84.9 Å². The summed E-state index contributed by atoms with van der Waals surface area (Å²) in [6.45, 7) is 4.33. The summed E-state index contributed by atoms with van der Waals surface area (Å²) in [4.78, 5) is 0. The van der Waals surface area contributed by atoms with E-state index >= 15 is 0 Å². The topological polar surface area (TPSA) is 18.5 Å². The van der Waals surface area contributed by atoms with Crippen LogP contribution in [0.25, 0.3) is 0 Å². The molecule has 0 saturated carbocycles. The molecule has 0 spiro atoms. The van der Waals surface area contributed by atoms with Crippen molar-refractivity contribution < 1.29 is 30.7 Å². The van der Waals surface area contributed by atoms with Crippen LogP contribution in [-0.4, -0.2) is 0 Å². The van der Waals surface area contributed by atoms with Crippen LogP contribution >= 0.6 is 45.2 Å². The molecule has 0 radical (unpaired) electrons. The minimum absolute atomic E-state index is 0.283. The maximum absolute atomic E-state index is 6.01. The molecular formula is C26H20I3O2+.